The van der Waals surface area contributed by atoms with Crippen molar-refractivity contribution in [3.8, 4) is 0 Å². The first-order chi connectivity index (χ1) is 9.81. The van der Waals surface area contributed by atoms with Crippen LogP contribution in [0.15, 0.2) is 18.2 Å². The van der Waals surface area contributed by atoms with E-state index in [1.807, 2.05) is 0 Å². The predicted octanol–water partition coefficient (Wildman–Crippen LogP) is 1.60. The molecule has 2 aliphatic rings. The number of sulfonamides is 1. The van der Waals surface area contributed by atoms with Gasteiger partial charge >= 0.3 is 5.97 Å². The number of carbonyl (C=O) groups is 1. The minimum absolute atomic E-state index is 0.388. The molecule has 0 aliphatic heterocycles. The molecule has 7 heteroatoms. The van der Waals surface area contributed by atoms with Crippen LogP contribution in [0.1, 0.15) is 36.4 Å². The number of benzene rings is 1. The summed E-state index contributed by atoms with van der Waals surface area (Å²) in [6.45, 7) is 0. The molecule has 0 saturated heterocycles. The van der Waals surface area contributed by atoms with Gasteiger partial charge in [-0.05, 0) is 48.9 Å². The van der Waals surface area contributed by atoms with Crippen molar-refractivity contribution in [3.05, 3.63) is 35.1 Å². The third kappa shape index (κ3) is 2.80. The van der Waals surface area contributed by atoms with Crippen molar-refractivity contribution in [2.75, 3.05) is 5.75 Å². The maximum atomic E-state index is 13.3. The maximum absolute atomic E-state index is 13.3. The number of aryl methyl sites for hydroxylation is 1. The minimum Gasteiger partial charge on any atom is -0.481 e. The van der Waals surface area contributed by atoms with Crippen molar-refractivity contribution >= 4 is 16.0 Å². The van der Waals surface area contributed by atoms with Crippen LogP contribution in [0.3, 0.4) is 0 Å². The summed E-state index contributed by atoms with van der Waals surface area (Å²) in [7, 11) is -3.71. The molecule has 5 nitrogen and oxygen atoms in total. The van der Waals surface area contributed by atoms with Crippen LogP contribution < -0.4 is 4.72 Å². The van der Waals surface area contributed by atoms with Gasteiger partial charge in [-0.1, -0.05) is 6.07 Å². The van der Waals surface area contributed by atoms with Gasteiger partial charge < -0.3 is 5.11 Å². The lowest BCUT2D eigenvalue weighted by Crippen LogP contribution is -2.35. The van der Waals surface area contributed by atoms with E-state index in [1.54, 1.807) is 6.07 Å². The second-order valence-electron chi connectivity index (χ2n) is 5.90. The molecule has 0 heterocycles. The molecular weight excluding hydrogens is 297 g/mol. The standard InChI is InChI=1S/C14H16FNO4S/c15-10-3-1-9-2-4-12(11(9)7-10)16-21(19,20)8-14(5-6-14)13(17)18/h1,3,7,12,16H,2,4-6,8H2,(H,17,18). The smallest absolute Gasteiger partial charge is 0.310 e. The Balaban J connectivity index is 1.76. The molecular formula is C14H16FNO4S. The van der Waals surface area contributed by atoms with Crippen molar-refractivity contribution in [3.63, 3.8) is 0 Å². The van der Waals surface area contributed by atoms with E-state index in [1.165, 1.54) is 12.1 Å². The lowest BCUT2D eigenvalue weighted by atomic mass is 10.1. The average molecular weight is 313 g/mol. The highest BCUT2D eigenvalue weighted by Crippen LogP contribution is 2.47. The predicted molar refractivity (Wildman–Crippen MR) is 73.7 cm³/mol. The number of nitrogens with one attached hydrogen (secondary N) is 1. The monoisotopic (exact) mass is 313 g/mol. The highest BCUT2D eigenvalue weighted by Gasteiger charge is 2.53. The largest absolute Gasteiger partial charge is 0.481 e. The first-order valence-corrected chi connectivity index (χ1v) is 8.48. The highest BCUT2D eigenvalue weighted by atomic mass is 32.2. The molecule has 114 valence electrons. The van der Waals surface area contributed by atoms with Gasteiger partial charge in [-0.2, -0.15) is 0 Å². The van der Waals surface area contributed by atoms with Crippen LogP contribution in [0.25, 0.3) is 0 Å². The fourth-order valence-electron chi connectivity index (χ4n) is 2.89. The fourth-order valence-corrected chi connectivity index (χ4v) is 4.79. The van der Waals surface area contributed by atoms with Crippen LogP contribution in [-0.2, 0) is 21.2 Å². The molecule has 1 saturated carbocycles. The number of carboxylic acids is 1. The van der Waals surface area contributed by atoms with Crippen molar-refractivity contribution in [1.29, 1.82) is 0 Å². The molecule has 1 atom stereocenters. The summed E-state index contributed by atoms with van der Waals surface area (Å²) < 4.78 is 40.2. The van der Waals surface area contributed by atoms with E-state index in [9.17, 15) is 17.6 Å². The molecule has 0 aromatic heterocycles. The molecule has 1 aromatic carbocycles. The molecule has 3 rings (SSSR count). The van der Waals surface area contributed by atoms with Gasteiger partial charge in [0, 0.05) is 6.04 Å². The van der Waals surface area contributed by atoms with Crippen molar-refractivity contribution in [2.24, 2.45) is 5.41 Å². The van der Waals surface area contributed by atoms with Gasteiger partial charge in [0.15, 0.2) is 0 Å². The van der Waals surface area contributed by atoms with Crippen molar-refractivity contribution < 1.29 is 22.7 Å². The van der Waals surface area contributed by atoms with Gasteiger partial charge in [-0.25, -0.2) is 17.5 Å². The SMILES string of the molecule is O=C(O)C1(CS(=O)(=O)NC2CCc3ccc(F)cc32)CC1. The van der Waals surface area contributed by atoms with Crippen molar-refractivity contribution in [1.82, 2.24) is 4.72 Å². The summed E-state index contributed by atoms with van der Waals surface area (Å²) in [4.78, 5) is 11.1. The second kappa shape index (κ2) is 4.78. The van der Waals surface area contributed by atoms with E-state index >= 15 is 0 Å². The lowest BCUT2D eigenvalue weighted by molar-refractivity contribution is -0.142. The molecule has 2 N–H and O–H groups in total. The van der Waals surface area contributed by atoms with Crippen LogP contribution in [0.5, 0.6) is 0 Å². The van der Waals surface area contributed by atoms with Gasteiger partial charge in [0.2, 0.25) is 10.0 Å². The van der Waals surface area contributed by atoms with E-state index in [4.69, 9.17) is 5.11 Å². The van der Waals surface area contributed by atoms with Gasteiger partial charge in [0.25, 0.3) is 0 Å². The number of rotatable bonds is 5. The quantitative estimate of drug-likeness (QED) is 0.865. The summed E-state index contributed by atoms with van der Waals surface area (Å²) >= 11 is 0. The Kier molecular flexibility index (Phi) is 3.29. The van der Waals surface area contributed by atoms with E-state index in [2.05, 4.69) is 4.72 Å². The Hall–Kier alpha value is -1.47. The molecule has 0 radical (unpaired) electrons. The summed E-state index contributed by atoms with van der Waals surface area (Å²) in [6, 6.07) is 3.91. The Morgan fingerprint density at radius 1 is 1.43 bits per heavy atom. The van der Waals surface area contributed by atoms with E-state index in [0.717, 1.165) is 5.56 Å². The third-order valence-electron chi connectivity index (χ3n) is 4.28. The summed E-state index contributed by atoms with van der Waals surface area (Å²) in [5.41, 5.74) is 0.456. The number of carboxylic acid groups (broad SMARTS) is 1. The van der Waals surface area contributed by atoms with E-state index < -0.39 is 39.0 Å². The number of aliphatic carboxylic acids is 1. The first-order valence-electron chi connectivity index (χ1n) is 6.83. The molecule has 1 unspecified atom stereocenters. The fraction of sp³-hybridized carbons (Fsp3) is 0.500. The third-order valence-corrected chi connectivity index (χ3v) is 5.86. The van der Waals surface area contributed by atoms with Gasteiger partial charge in [-0.15, -0.1) is 0 Å². The van der Waals surface area contributed by atoms with Crippen LogP contribution in [-0.4, -0.2) is 25.2 Å². The molecule has 0 amide bonds. The number of hydrogen-bond donors (Lipinski definition) is 2. The highest BCUT2D eigenvalue weighted by molar-refractivity contribution is 7.89. The topological polar surface area (TPSA) is 83.5 Å². The van der Waals surface area contributed by atoms with Crippen LogP contribution >= 0.6 is 0 Å². The number of halogens is 1. The first kappa shape index (κ1) is 14.5. The summed E-state index contributed by atoms with van der Waals surface area (Å²) in [5.74, 6) is -1.87. The van der Waals surface area contributed by atoms with Crippen LogP contribution in [0.4, 0.5) is 4.39 Å². The average Bonchev–Trinajstić information content (AvgIpc) is 3.06. The minimum atomic E-state index is -3.71. The zero-order valence-corrected chi connectivity index (χ0v) is 12.1. The number of hydrogen-bond acceptors (Lipinski definition) is 3. The molecule has 0 bridgehead atoms. The lowest BCUT2D eigenvalue weighted by Gasteiger charge is -2.17. The maximum Gasteiger partial charge on any atom is 0.310 e. The van der Waals surface area contributed by atoms with Gasteiger partial charge in [0.05, 0.1) is 11.2 Å². The zero-order chi connectivity index (χ0) is 15.3. The Labute approximate surface area is 122 Å². The second-order valence-corrected chi connectivity index (χ2v) is 7.65. The molecule has 1 aromatic rings. The zero-order valence-electron chi connectivity index (χ0n) is 11.3. The van der Waals surface area contributed by atoms with E-state index in [0.29, 0.717) is 31.2 Å². The number of fused-ring (bicyclic) bond motifs is 1. The Bertz CT molecular complexity index is 697. The molecule has 0 spiro atoms. The van der Waals surface area contributed by atoms with Gasteiger partial charge in [0.1, 0.15) is 5.82 Å². The van der Waals surface area contributed by atoms with Crippen LogP contribution in [0, 0.1) is 11.2 Å². The Morgan fingerprint density at radius 3 is 2.76 bits per heavy atom. The van der Waals surface area contributed by atoms with Crippen LogP contribution in [0.2, 0.25) is 0 Å². The summed E-state index contributed by atoms with van der Waals surface area (Å²) in [6.07, 6.45) is 2.03. The Morgan fingerprint density at radius 2 is 2.14 bits per heavy atom. The summed E-state index contributed by atoms with van der Waals surface area (Å²) in [5, 5.41) is 9.08. The normalized spacial score (nSPS) is 22.8. The molecule has 21 heavy (non-hydrogen) atoms. The molecule has 1 fully saturated rings. The van der Waals surface area contributed by atoms with Gasteiger partial charge in [-0.3, -0.25) is 4.79 Å². The van der Waals surface area contributed by atoms with Crippen molar-refractivity contribution in [2.45, 2.75) is 31.7 Å². The molecule has 2 aliphatic carbocycles. The van der Waals surface area contributed by atoms with E-state index in [-0.39, 0.29) is 0 Å².